The summed E-state index contributed by atoms with van der Waals surface area (Å²) in [6, 6.07) is 0. The minimum atomic E-state index is -0.661. The van der Waals surface area contributed by atoms with Crippen molar-refractivity contribution >= 4 is 29.4 Å². The number of hydrogen-bond donors (Lipinski definition) is 1. The van der Waals surface area contributed by atoms with E-state index in [1.165, 1.54) is 10.6 Å². The van der Waals surface area contributed by atoms with Crippen molar-refractivity contribution in [3.05, 3.63) is 28.4 Å². The van der Waals surface area contributed by atoms with Crippen LogP contribution in [0.4, 0.5) is 0 Å². The SMILES string of the molecule is CCCCOc1c(C(=O)S)nc2n(CC(=O)N3C[C@H](C)O[C@@H](C)C3)ccn2c1=O. The van der Waals surface area contributed by atoms with Gasteiger partial charge in [0.15, 0.2) is 5.69 Å². The van der Waals surface area contributed by atoms with Crippen LogP contribution in [0.1, 0.15) is 44.1 Å². The number of rotatable bonds is 7. The number of unbranched alkanes of at least 4 members (excludes halogenated alkanes) is 1. The Morgan fingerprint density at radius 1 is 1.28 bits per heavy atom. The highest BCUT2D eigenvalue weighted by atomic mass is 32.1. The first-order valence-electron chi connectivity index (χ1n) is 9.72. The quantitative estimate of drug-likeness (QED) is 0.535. The topological polar surface area (TPSA) is 95.1 Å². The van der Waals surface area contributed by atoms with Crippen LogP contribution in [-0.4, -0.2) is 61.8 Å². The van der Waals surface area contributed by atoms with Crippen molar-refractivity contribution in [2.45, 2.75) is 52.4 Å². The van der Waals surface area contributed by atoms with Gasteiger partial charge in [0.2, 0.25) is 22.5 Å². The molecule has 10 heteroatoms. The molecule has 0 unspecified atom stereocenters. The molecular formula is C19H26N4O5S. The second kappa shape index (κ2) is 9.00. The molecule has 1 saturated heterocycles. The zero-order chi connectivity index (χ0) is 21.1. The summed E-state index contributed by atoms with van der Waals surface area (Å²) in [5, 5.41) is -0.661. The van der Waals surface area contributed by atoms with E-state index >= 15 is 0 Å². The first-order chi connectivity index (χ1) is 13.8. The number of hydrogen-bond acceptors (Lipinski definition) is 6. The van der Waals surface area contributed by atoms with E-state index in [-0.39, 0.29) is 41.9 Å². The zero-order valence-corrected chi connectivity index (χ0v) is 17.7. The molecule has 1 aliphatic rings. The molecule has 0 radical (unpaired) electrons. The Bertz CT molecular complexity index is 959. The van der Waals surface area contributed by atoms with Gasteiger partial charge in [-0.1, -0.05) is 26.0 Å². The average molecular weight is 423 g/mol. The van der Waals surface area contributed by atoms with Crippen LogP contribution in [0.25, 0.3) is 5.78 Å². The lowest BCUT2D eigenvalue weighted by Gasteiger charge is -2.35. The summed E-state index contributed by atoms with van der Waals surface area (Å²) in [5.41, 5.74) is -0.640. The molecule has 0 N–H and O–H groups in total. The lowest BCUT2D eigenvalue weighted by atomic mass is 10.2. The molecule has 2 aromatic rings. The first kappa shape index (κ1) is 21.4. The Labute approximate surface area is 174 Å². The van der Waals surface area contributed by atoms with Gasteiger partial charge in [-0.15, -0.1) is 0 Å². The summed E-state index contributed by atoms with van der Waals surface area (Å²) in [4.78, 5) is 43.6. The molecule has 1 aliphatic heterocycles. The van der Waals surface area contributed by atoms with Gasteiger partial charge in [-0.2, -0.15) is 0 Å². The standard InChI is InChI=1S/C19H26N4O5S/c1-4-5-8-27-16-15(18(26)29)20-19-21(6-7-23(19)17(16)25)11-14(24)22-9-12(2)28-13(3)10-22/h6-7,12-13H,4-5,8-11H2,1-3H3,(H,26,29)/t12-,13-/m0/s1. The van der Waals surface area contributed by atoms with Gasteiger partial charge in [0.1, 0.15) is 6.54 Å². The molecule has 0 bridgehead atoms. The van der Waals surface area contributed by atoms with Crippen molar-refractivity contribution in [3.8, 4) is 5.75 Å². The fraction of sp³-hybridized carbons (Fsp3) is 0.579. The van der Waals surface area contributed by atoms with Gasteiger partial charge in [-0.3, -0.25) is 14.4 Å². The number of nitrogens with zero attached hydrogens (tertiary/aromatic N) is 4. The molecule has 0 spiro atoms. The Balaban J connectivity index is 1.91. The molecule has 0 saturated carbocycles. The molecule has 29 heavy (non-hydrogen) atoms. The van der Waals surface area contributed by atoms with Crippen molar-refractivity contribution in [3.63, 3.8) is 0 Å². The zero-order valence-electron chi connectivity index (χ0n) is 16.8. The molecule has 2 aromatic heterocycles. The van der Waals surface area contributed by atoms with Gasteiger partial charge in [-0.25, -0.2) is 9.38 Å². The monoisotopic (exact) mass is 422 g/mol. The Kier molecular flexibility index (Phi) is 6.63. The van der Waals surface area contributed by atoms with Crippen molar-refractivity contribution in [1.82, 2.24) is 18.9 Å². The summed E-state index contributed by atoms with van der Waals surface area (Å²) in [5.74, 6) is -0.0322. The van der Waals surface area contributed by atoms with Gasteiger partial charge < -0.3 is 18.9 Å². The van der Waals surface area contributed by atoms with Crippen LogP contribution in [0.15, 0.2) is 17.2 Å². The number of carbonyl (C=O) groups excluding carboxylic acids is 2. The van der Waals surface area contributed by atoms with E-state index in [0.29, 0.717) is 19.7 Å². The van der Waals surface area contributed by atoms with E-state index in [2.05, 4.69) is 17.6 Å². The fourth-order valence-electron chi connectivity index (χ4n) is 3.40. The fourth-order valence-corrected chi connectivity index (χ4v) is 3.55. The number of imidazole rings is 1. The molecule has 0 aromatic carbocycles. The van der Waals surface area contributed by atoms with Gasteiger partial charge >= 0.3 is 5.56 Å². The van der Waals surface area contributed by atoms with Gasteiger partial charge in [0, 0.05) is 25.5 Å². The van der Waals surface area contributed by atoms with E-state index in [1.807, 2.05) is 20.8 Å². The number of carbonyl (C=O) groups is 2. The van der Waals surface area contributed by atoms with Crippen molar-refractivity contribution in [2.75, 3.05) is 19.7 Å². The van der Waals surface area contributed by atoms with E-state index in [9.17, 15) is 14.4 Å². The third kappa shape index (κ3) is 4.64. The van der Waals surface area contributed by atoms with E-state index < -0.39 is 10.7 Å². The highest BCUT2D eigenvalue weighted by Gasteiger charge is 2.27. The summed E-state index contributed by atoms with van der Waals surface area (Å²) in [6.45, 7) is 7.16. The maximum Gasteiger partial charge on any atom is 0.302 e. The number of amides is 1. The van der Waals surface area contributed by atoms with Crippen LogP contribution < -0.4 is 10.3 Å². The van der Waals surface area contributed by atoms with E-state index in [4.69, 9.17) is 9.47 Å². The van der Waals surface area contributed by atoms with Crippen molar-refractivity contribution in [2.24, 2.45) is 0 Å². The summed E-state index contributed by atoms with van der Waals surface area (Å²) in [7, 11) is 0. The first-order valence-corrected chi connectivity index (χ1v) is 10.2. The third-order valence-corrected chi connectivity index (χ3v) is 4.94. The van der Waals surface area contributed by atoms with E-state index in [0.717, 1.165) is 12.8 Å². The number of fused-ring (bicyclic) bond motifs is 1. The van der Waals surface area contributed by atoms with Gasteiger partial charge in [-0.05, 0) is 20.3 Å². The van der Waals surface area contributed by atoms with Gasteiger partial charge in [0.25, 0.3) is 0 Å². The number of thiol groups is 1. The van der Waals surface area contributed by atoms with Crippen molar-refractivity contribution in [1.29, 1.82) is 0 Å². The summed E-state index contributed by atoms with van der Waals surface area (Å²) in [6.07, 6.45) is 4.66. The highest BCUT2D eigenvalue weighted by Crippen LogP contribution is 2.17. The molecule has 1 amide bonds. The molecule has 0 aliphatic carbocycles. The Morgan fingerprint density at radius 2 is 1.97 bits per heavy atom. The van der Waals surface area contributed by atoms with Gasteiger partial charge in [0.05, 0.1) is 18.8 Å². The second-order valence-corrected chi connectivity index (χ2v) is 7.66. The predicted molar refractivity (Wildman–Crippen MR) is 110 cm³/mol. The van der Waals surface area contributed by atoms with Crippen LogP contribution in [0.2, 0.25) is 0 Å². The maximum absolute atomic E-state index is 12.8. The smallest absolute Gasteiger partial charge is 0.302 e. The summed E-state index contributed by atoms with van der Waals surface area (Å²) < 4.78 is 14.0. The van der Waals surface area contributed by atoms with Crippen LogP contribution in [0.5, 0.6) is 5.75 Å². The normalized spacial score (nSPS) is 19.5. The minimum Gasteiger partial charge on any atom is -0.486 e. The number of ether oxygens (including phenoxy) is 2. The summed E-state index contributed by atoms with van der Waals surface area (Å²) >= 11 is 3.84. The average Bonchev–Trinajstić information content (AvgIpc) is 3.05. The number of morpholine rings is 1. The van der Waals surface area contributed by atoms with Crippen LogP contribution in [0.3, 0.4) is 0 Å². The molecular weight excluding hydrogens is 396 g/mol. The molecule has 3 rings (SSSR count). The minimum absolute atomic E-state index is 0.00137. The largest absolute Gasteiger partial charge is 0.486 e. The van der Waals surface area contributed by atoms with Crippen molar-refractivity contribution < 1.29 is 19.1 Å². The van der Waals surface area contributed by atoms with Crippen LogP contribution in [-0.2, 0) is 16.1 Å². The highest BCUT2D eigenvalue weighted by molar-refractivity contribution is 7.97. The van der Waals surface area contributed by atoms with Crippen LogP contribution >= 0.6 is 12.6 Å². The third-order valence-electron chi connectivity index (χ3n) is 4.73. The predicted octanol–water partition coefficient (Wildman–Crippen LogP) is 1.38. The molecule has 158 valence electrons. The van der Waals surface area contributed by atoms with Crippen LogP contribution in [0, 0.1) is 0 Å². The molecule has 1 fully saturated rings. The maximum atomic E-state index is 12.8. The Hall–Kier alpha value is -2.33. The molecule has 9 nitrogen and oxygen atoms in total. The lowest BCUT2D eigenvalue weighted by Crippen LogP contribution is -2.49. The number of aromatic nitrogens is 3. The molecule has 2 atom stereocenters. The lowest BCUT2D eigenvalue weighted by molar-refractivity contribution is -0.143. The second-order valence-electron chi connectivity index (χ2n) is 7.25. The molecule has 3 heterocycles. The van der Waals surface area contributed by atoms with E-state index in [1.54, 1.807) is 15.7 Å². The Morgan fingerprint density at radius 3 is 2.59 bits per heavy atom.